The molecule has 7 heteroatoms. The molecule has 0 fully saturated rings. The maximum atomic E-state index is 13.3. The van der Waals surface area contributed by atoms with Gasteiger partial charge in [-0.25, -0.2) is 8.78 Å². The van der Waals surface area contributed by atoms with Crippen LogP contribution in [0.5, 0.6) is 0 Å². The molecule has 20 heavy (non-hydrogen) atoms. The van der Waals surface area contributed by atoms with Crippen molar-refractivity contribution in [1.29, 1.82) is 0 Å². The molecule has 1 aromatic rings. The Labute approximate surface area is 115 Å². The van der Waals surface area contributed by atoms with Crippen LogP contribution in [0.3, 0.4) is 0 Å². The zero-order valence-corrected chi connectivity index (χ0v) is 11.3. The molecular formula is C13H17F2N3O2. The monoisotopic (exact) mass is 285 g/mol. The first-order valence-electron chi connectivity index (χ1n) is 5.98. The van der Waals surface area contributed by atoms with Crippen LogP contribution in [0.15, 0.2) is 18.2 Å². The highest BCUT2D eigenvalue weighted by Crippen LogP contribution is 2.17. The van der Waals surface area contributed by atoms with E-state index in [0.717, 1.165) is 12.1 Å². The fraction of sp³-hybridized carbons (Fsp3) is 0.385. The van der Waals surface area contributed by atoms with Crippen molar-refractivity contribution in [2.24, 2.45) is 11.1 Å². The van der Waals surface area contributed by atoms with E-state index in [1.54, 1.807) is 13.8 Å². The number of amides is 2. The summed E-state index contributed by atoms with van der Waals surface area (Å²) in [7, 11) is 0. The molecule has 0 bridgehead atoms. The topological polar surface area (TPSA) is 84.2 Å². The minimum Gasteiger partial charge on any atom is -0.369 e. The molecule has 0 saturated carbocycles. The van der Waals surface area contributed by atoms with E-state index in [1.807, 2.05) is 0 Å². The molecule has 0 saturated heterocycles. The number of hydrogen-bond donors (Lipinski definition) is 3. The molecule has 0 unspecified atom stereocenters. The molecule has 4 N–H and O–H groups in total. The van der Waals surface area contributed by atoms with Gasteiger partial charge in [-0.2, -0.15) is 0 Å². The molecule has 0 spiro atoms. The number of halogens is 2. The van der Waals surface area contributed by atoms with E-state index in [0.29, 0.717) is 0 Å². The Morgan fingerprint density at radius 2 is 1.80 bits per heavy atom. The molecule has 0 heterocycles. The van der Waals surface area contributed by atoms with E-state index < -0.39 is 34.6 Å². The maximum Gasteiger partial charge on any atom is 0.238 e. The number of para-hydroxylation sites is 1. The van der Waals surface area contributed by atoms with E-state index in [9.17, 15) is 18.4 Å². The second-order valence-corrected chi connectivity index (χ2v) is 5.00. The molecular weight excluding hydrogens is 268 g/mol. The predicted octanol–water partition coefficient (Wildman–Crippen LogP) is 1.00. The SMILES string of the molecule is CC(C)(CNCC(=O)Nc1c(F)cccc1F)C(N)=O. The molecule has 0 aliphatic rings. The highest BCUT2D eigenvalue weighted by molar-refractivity contribution is 5.92. The summed E-state index contributed by atoms with van der Waals surface area (Å²) in [4.78, 5) is 22.6. The number of nitrogens with one attached hydrogen (secondary N) is 2. The fourth-order valence-electron chi connectivity index (χ4n) is 1.38. The summed E-state index contributed by atoms with van der Waals surface area (Å²) in [6.45, 7) is 3.23. The molecule has 0 atom stereocenters. The Kier molecular flexibility index (Phi) is 5.15. The van der Waals surface area contributed by atoms with Gasteiger partial charge in [0.2, 0.25) is 11.8 Å². The summed E-state index contributed by atoms with van der Waals surface area (Å²) in [5, 5.41) is 4.83. The van der Waals surface area contributed by atoms with Crippen molar-refractivity contribution in [3.8, 4) is 0 Å². The van der Waals surface area contributed by atoms with E-state index in [-0.39, 0.29) is 13.1 Å². The Bertz CT molecular complexity index is 498. The van der Waals surface area contributed by atoms with Crippen molar-refractivity contribution in [1.82, 2.24) is 5.32 Å². The molecule has 0 radical (unpaired) electrons. The van der Waals surface area contributed by atoms with Gasteiger partial charge in [-0.05, 0) is 26.0 Å². The Morgan fingerprint density at radius 1 is 1.25 bits per heavy atom. The van der Waals surface area contributed by atoms with Crippen LogP contribution in [-0.2, 0) is 9.59 Å². The first-order chi connectivity index (χ1) is 9.24. The molecule has 1 rings (SSSR count). The fourth-order valence-corrected chi connectivity index (χ4v) is 1.38. The van der Waals surface area contributed by atoms with E-state index in [1.165, 1.54) is 6.07 Å². The summed E-state index contributed by atoms with van der Waals surface area (Å²) in [5.41, 5.74) is 3.86. The first kappa shape index (κ1) is 16.0. The highest BCUT2D eigenvalue weighted by atomic mass is 19.1. The minimum atomic E-state index is -0.851. The van der Waals surface area contributed by atoms with Crippen LogP contribution in [0, 0.1) is 17.0 Å². The summed E-state index contributed by atoms with van der Waals surface area (Å²) >= 11 is 0. The molecule has 110 valence electrons. The summed E-state index contributed by atoms with van der Waals surface area (Å²) in [6.07, 6.45) is 0. The number of rotatable bonds is 6. The van der Waals surface area contributed by atoms with Crippen LogP contribution in [-0.4, -0.2) is 24.9 Å². The van der Waals surface area contributed by atoms with E-state index in [2.05, 4.69) is 10.6 Å². The number of carbonyl (C=O) groups is 2. The van der Waals surface area contributed by atoms with Gasteiger partial charge in [-0.15, -0.1) is 0 Å². The average Bonchev–Trinajstić information content (AvgIpc) is 2.33. The lowest BCUT2D eigenvalue weighted by molar-refractivity contribution is -0.126. The molecule has 5 nitrogen and oxygen atoms in total. The van der Waals surface area contributed by atoms with E-state index >= 15 is 0 Å². The van der Waals surface area contributed by atoms with Crippen LogP contribution < -0.4 is 16.4 Å². The lowest BCUT2D eigenvalue weighted by atomic mass is 9.93. The van der Waals surface area contributed by atoms with Crippen LogP contribution in [0.4, 0.5) is 14.5 Å². The Balaban J connectivity index is 2.51. The van der Waals surface area contributed by atoms with Gasteiger partial charge < -0.3 is 16.4 Å². The second-order valence-electron chi connectivity index (χ2n) is 5.00. The lowest BCUT2D eigenvalue weighted by Crippen LogP contribution is -2.42. The number of benzene rings is 1. The summed E-state index contributed by atoms with van der Waals surface area (Å²) in [5.74, 6) is -2.83. The first-order valence-corrected chi connectivity index (χ1v) is 5.98. The van der Waals surface area contributed by atoms with Crippen LogP contribution in [0.2, 0.25) is 0 Å². The number of anilines is 1. The standard InChI is InChI=1S/C13H17F2N3O2/c1-13(2,12(16)20)7-17-6-10(19)18-11-8(14)4-3-5-9(11)15/h3-5,17H,6-7H2,1-2H3,(H2,16,20)(H,18,19). The van der Waals surface area contributed by atoms with Crippen molar-refractivity contribution in [3.63, 3.8) is 0 Å². The zero-order valence-electron chi connectivity index (χ0n) is 11.3. The van der Waals surface area contributed by atoms with Crippen molar-refractivity contribution in [2.45, 2.75) is 13.8 Å². The van der Waals surface area contributed by atoms with Crippen molar-refractivity contribution in [3.05, 3.63) is 29.8 Å². The van der Waals surface area contributed by atoms with Gasteiger partial charge >= 0.3 is 0 Å². The van der Waals surface area contributed by atoms with Crippen molar-refractivity contribution < 1.29 is 18.4 Å². The molecule has 0 aromatic heterocycles. The van der Waals surface area contributed by atoms with Crippen molar-refractivity contribution >= 4 is 17.5 Å². The third kappa shape index (κ3) is 4.27. The Morgan fingerprint density at radius 3 is 2.30 bits per heavy atom. The largest absolute Gasteiger partial charge is 0.369 e. The van der Waals surface area contributed by atoms with Gasteiger partial charge in [-0.1, -0.05) is 6.07 Å². The summed E-state index contributed by atoms with van der Waals surface area (Å²) < 4.78 is 26.6. The van der Waals surface area contributed by atoms with Crippen LogP contribution in [0.1, 0.15) is 13.8 Å². The number of nitrogens with two attached hydrogens (primary N) is 1. The number of primary amides is 1. The van der Waals surface area contributed by atoms with Crippen LogP contribution >= 0.6 is 0 Å². The van der Waals surface area contributed by atoms with Crippen molar-refractivity contribution in [2.75, 3.05) is 18.4 Å². The van der Waals surface area contributed by atoms with Gasteiger partial charge in [0.25, 0.3) is 0 Å². The third-order valence-corrected chi connectivity index (χ3v) is 2.75. The molecule has 2 amide bonds. The van der Waals surface area contributed by atoms with Gasteiger partial charge in [-0.3, -0.25) is 9.59 Å². The number of hydrogen-bond acceptors (Lipinski definition) is 3. The normalized spacial score (nSPS) is 11.2. The molecule has 0 aliphatic carbocycles. The molecule has 0 aliphatic heterocycles. The van der Waals surface area contributed by atoms with Gasteiger partial charge in [0.1, 0.15) is 17.3 Å². The average molecular weight is 285 g/mol. The highest BCUT2D eigenvalue weighted by Gasteiger charge is 2.24. The summed E-state index contributed by atoms with van der Waals surface area (Å²) in [6, 6.07) is 3.29. The quantitative estimate of drug-likeness (QED) is 0.729. The van der Waals surface area contributed by atoms with Gasteiger partial charge in [0.15, 0.2) is 0 Å². The smallest absolute Gasteiger partial charge is 0.238 e. The minimum absolute atomic E-state index is 0.176. The zero-order chi connectivity index (χ0) is 15.3. The predicted molar refractivity (Wildman–Crippen MR) is 70.8 cm³/mol. The maximum absolute atomic E-state index is 13.3. The van der Waals surface area contributed by atoms with E-state index in [4.69, 9.17) is 5.73 Å². The van der Waals surface area contributed by atoms with Gasteiger partial charge in [0, 0.05) is 6.54 Å². The molecule has 1 aromatic carbocycles. The van der Waals surface area contributed by atoms with Gasteiger partial charge in [0.05, 0.1) is 12.0 Å². The lowest BCUT2D eigenvalue weighted by Gasteiger charge is -2.20. The second kappa shape index (κ2) is 6.42. The Hall–Kier alpha value is -2.02. The number of carbonyl (C=O) groups excluding carboxylic acids is 2. The third-order valence-electron chi connectivity index (χ3n) is 2.75. The van der Waals surface area contributed by atoms with Crippen LogP contribution in [0.25, 0.3) is 0 Å².